The van der Waals surface area contributed by atoms with E-state index < -0.39 is 0 Å². The van der Waals surface area contributed by atoms with Crippen LogP contribution in [0.3, 0.4) is 0 Å². The molecule has 0 saturated carbocycles. The zero-order chi connectivity index (χ0) is 31.2. The number of furan rings is 1. The summed E-state index contributed by atoms with van der Waals surface area (Å²) in [7, 11) is 3.24. The summed E-state index contributed by atoms with van der Waals surface area (Å²) in [6, 6.07) is 27.8. The van der Waals surface area contributed by atoms with E-state index in [1.807, 2.05) is 83.4 Å². The van der Waals surface area contributed by atoms with Gasteiger partial charge in [-0.2, -0.15) is 5.10 Å². The molecule has 45 heavy (non-hydrogen) atoms. The van der Waals surface area contributed by atoms with Gasteiger partial charge in [0.25, 0.3) is 11.8 Å². The number of hydrogen-bond acceptors (Lipinski definition) is 9. The highest BCUT2D eigenvalue weighted by Crippen LogP contribution is 2.35. The minimum atomic E-state index is -0.365. The average molecular weight is 623 g/mol. The van der Waals surface area contributed by atoms with Crippen LogP contribution < -0.4 is 14.8 Å². The molecule has 3 heterocycles. The summed E-state index contributed by atoms with van der Waals surface area (Å²) in [5.41, 5.74) is 3.47. The fourth-order valence-electron chi connectivity index (χ4n) is 4.98. The van der Waals surface area contributed by atoms with Gasteiger partial charge in [0, 0.05) is 12.1 Å². The molecule has 0 bridgehead atoms. The molecule has 0 fully saturated rings. The first kappa shape index (κ1) is 29.7. The van der Waals surface area contributed by atoms with E-state index in [-0.39, 0.29) is 35.9 Å². The molecular formula is C33H30N6O5S. The molecule has 1 aliphatic rings. The van der Waals surface area contributed by atoms with E-state index in [0.29, 0.717) is 17.4 Å². The Balaban J connectivity index is 1.24. The number of nitrogens with one attached hydrogen (secondary N) is 1. The van der Waals surface area contributed by atoms with Gasteiger partial charge in [-0.3, -0.25) is 14.2 Å². The molecule has 12 heteroatoms. The van der Waals surface area contributed by atoms with Crippen LogP contribution in [0.2, 0.25) is 0 Å². The first-order valence-corrected chi connectivity index (χ1v) is 15.1. The van der Waals surface area contributed by atoms with Gasteiger partial charge < -0.3 is 19.2 Å². The largest absolute Gasteiger partial charge is 0.497 e. The number of para-hydroxylation sites is 1. The number of nitrogens with zero attached hydrogens (tertiary/aromatic N) is 5. The van der Waals surface area contributed by atoms with Crippen molar-refractivity contribution >= 4 is 29.3 Å². The van der Waals surface area contributed by atoms with Gasteiger partial charge in [-0.05, 0) is 71.8 Å². The summed E-state index contributed by atoms with van der Waals surface area (Å²) in [4.78, 5) is 26.3. The molecule has 0 saturated heterocycles. The third-order valence-electron chi connectivity index (χ3n) is 7.28. The Labute approximate surface area is 263 Å². The first-order chi connectivity index (χ1) is 22.0. The Kier molecular flexibility index (Phi) is 8.92. The van der Waals surface area contributed by atoms with Crippen molar-refractivity contribution in [2.45, 2.75) is 24.2 Å². The summed E-state index contributed by atoms with van der Waals surface area (Å²) < 4.78 is 17.7. The monoisotopic (exact) mass is 622 g/mol. The lowest BCUT2D eigenvalue weighted by Gasteiger charge is -2.22. The lowest BCUT2D eigenvalue weighted by molar-refractivity contribution is -0.130. The van der Waals surface area contributed by atoms with Crippen molar-refractivity contribution in [3.63, 3.8) is 0 Å². The zero-order valence-electron chi connectivity index (χ0n) is 24.6. The van der Waals surface area contributed by atoms with Gasteiger partial charge in [-0.1, -0.05) is 42.1 Å². The van der Waals surface area contributed by atoms with Crippen LogP contribution in [0.25, 0.3) is 5.69 Å². The molecular weight excluding hydrogens is 592 g/mol. The summed E-state index contributed by atoms with van der Waals surface area (Å²) in [6.07, 6.45) is 1.99. The molecule has 2 amide bonds. The van der Waals surface area contributed by atoms with Crippen molar-refractivity contribution in [1.29, 1.82) is 0 Å². The third-order valence-corrected chi connectivity index (χ3v) is 8.19. The molecule has 0 radical (unpaired) electrons. The Morgan fingerprint density at radius 3 is 2.29 bits per heavy atom. The molecule has 228 valence electrons. The normalized spacial score (nSPS) is 14.2. The van der Waals surface area contributed by atoms with E-state index in [1.54, 1.807) is 31.4 Å². The van der Waals surface area contributed by atoms with Crippen LogP contribution in [-0.2, 0) is 11.3 Å². The number of rotatable bonds is 11. The molecule has 0 aliphatic carbocycles. The molecule has 6 rings (SSSR count). The number of amides is 2. The average Bonchev–Trinajstić information content (AvgIpc) is 3.87. The van der Waals surface area contributed by atoms with Crippen LogP contribution in [0, 0.1) is 0 Å². The summed E-state index contributed by atoms with van der Waals surface area (Å²) in [5, 5.41) is 18.4. The maximum atomic E-state index is 13.8. The van der Waals surface area contributed by atoms with E-state index in [0.717, 1.165) is 34.0 Å². The highest BCUT2D eigenvalue weighted by Gasteiger charge is 2.33. The number of ether oxygens (including phenoxy) is 2. The molecule has 1 atom stereocenters. The Morgan fingerprint density at radius 2 is 1.62 bits per heavy atom. The predicted molar refractivity (Wildman–Crippen MR) is 169 cm³/mol. The van der Waals surface area contributed by atoms with Gasteiger partial charge in [0.1, 0.15) is 11.5 Å². The summed E-state index contributed by atoms with van der Waals surface area (Å²) in [6.45, 7) is 0.108. The first-order valence-electron chi connectivity index (χ1n) is 14.2. The highest BCUT2D eigenvalue weighted by molar-refractivity contribution is 7.99. The van der Waals surface area contributed by atoms with Crippen molar-refractivity contribution in [3.8, 4) is 17.2 Å². The van der Waals surface area contributed by atoms with Crippen molar-refractivity contribution in [2.75, 3.05) is 20.0 Å². The van der Waals surface area contributed by atoms with E-state index in [9.17, 15) is 9.59 Å². The molecule has 0 unspecified atom stereocenters. The van der Waals surface area contributed by atoms with Crippen LogP contribution in [0.1, 0.15) is 40.0 Å². The minimum absolute atomic E-state index is 0.0652. The van der Waals surface area contributed by atoms with E-state index in [1.165, 1.54) is 18.0 Å². The van der Waals surface area contributed by atoms with Crippen molar-refractivity contribution < 1.29 is 23.5 Å². The van der Waals surface area contributed by atoms with Gasteiger partial charge >= 0.3 is 0 Å². The third kappa shape index (κ3) is 6.60. The van der Waals surface area contributed by atoms with Gasteiger partial charge in [-0.15, -0.1) is 10.2 Å². The maximum Gasteiger partial charge on any atom is 0.287 e. The lowest BCUT2D eigenvalue weighted by Crippen LogP contribution is -2.28. The van der Waals surface area contributed by atoms with Gasteiger partial charge in [-0.25, -0.2) is 5.01 Å². The van der Waals surface area contributed by atoms with Gasteiger partial charge in [0.05, 0.1) is 44.5 Å². The number of carbonyl (C=O) groups excluding carboxylic acids is 2. The molecule has 5 aromatic rings. The number of thioether (sulfide) groups is 1. The van der Waals surface area contributed by atoms with Crippen molar-refractivity contribution in [3.05, 3.63) is 120 Å². The zero-order valence-corrected chi connectivity index (χ0v) is 25.4. The second kappa shape index (κ2) is 13.5. The Morgan fingerprint density at radius 1 is 0.911 bits per heavy atom. The summed E-state index contributed by atoms with van der Waals surface area (Å²) >= 11 is 1.26. The molecule has 3 aromatic carbocycles. The van der Waals surface area contributed by atoms with Crippen molar-refractivity contribution in [2.24, 2.45) is 5.10 Å². The summed E-state index contributed by atoms with van der Waals surface area (Å²) in [5.74, 6) is 1.71. The van der Waals surface area contributed by atoms with E-state index in [4.69, 9.17) is 19.0 Å². The van der Waals surface area contributed by atoms with Crippen LogP contribution in [-0.4, -0.2) is 57.3 Å². The van der Waals surface area contributed by atoms with Gasteiger partial charge in [0.15, 0.2) is 16.7 Å². The van der Waals surface area contributed by atoms with Crippen LogP contribution in [0.5, 0.6) is 11.5 Å². The van der Waals surface area contributed by atoms with E-state index >= 15 is 0 Å². The highest BCUT2D eigenvalue weighted by atomic mass is 32.2. The predicted octanol–water partition coefficient (Wildman–Crippen LogP) is 5.28. The number of methoxy groups -OCH3 is 2. The Bertz CT molecular complexity index is 1790. The van der Waals surface area contributed by atoms with Gasteiger partial charge in [0.2, 0.25) is 0 Å². The SMILES string of the molecule is COc1ccc(C2=NN(C(=O)CSc3nnc(CNC(=O)c4ccco4)n3-c3ccccc3)[C@H](c3ccc(OC)cc3)C2)cc1. The molecule has 1 aliphatic heterocycles. The minimum Gasteiger partial charge on any atom is -0.497 e. The quantitative estimate of drug-likeness (QED) is 0.198. The molecule has 1 N–H and O–H groups in total. The standard InChI is InChI=1S/C33H30N6O5S/c1-42-25-14-10-22(11-15-25)27-19-28(23-12-16-26(43-2)17-13-23)39(37-27)31(40)21-45-33-36-35-30(38(33)24-7-4-3-5-8-24)20-34-32(41)29-9-6-18-44-29/h3-18,28H,19-21H2,1-2H3,(H,34,41)/t28-/m0/s1. The lowest BCUT2D eigenvalue weighted by atomic mass is 9.98. The second-order valence-corrected chi connectivity index (χ2v) is 11.0. The fraction of sp³-hybridized carbons (Fsp3) is 0.182. The number of hydrazone groups is 1. The number of carbonyl (C=O) groups is 2. The maximum absolute atomic E-state index is 13.8. The van der Waals surface area contributed by atoms with Crippen LogP contribution >= 0.6 is 11.8 Å². The number of hydrogen-bond donors (Lipinski definition) is 1. The topological polar surface area (TPSA) is 124 Å². The fourth-order valence-corrected chi connectivity index (χ4v) is 5.80. The smallest absolute Gasteiger partial charge is 0.287 e. The van der Waals surface area contributed by atoms with Crippen molar-refractivity contribution in [1.82, 2.24) is 25.1 Å². The molecule has 0 spiro atoms. The molecule has 11 nitrogen and oxygen atoms in total. The molecule has 2 aromatic heterocycles. The van der Waals surface area contributed by atoms with Crippen LogP contribution in [0.4, 0.5) is 0 Å². The van der Waals surface area contributed by atoms with E-state index in [2.05, 4.69) is 15.5 Å². The Hall–Kier alpha value is -5.36. The second-order valence-electron chi connectivity index (χ2n) is 10.0. The number of aromatic nitrogens is 3. The van der Waals surface area contributed by atoms with Crippen LogP contribution in [0.15, 0.2) is 112 Å². The number of benzene rings is 3.